The Morgan fingerprint density at radius 3 is 2.88 bits per heavy atom. The third-order valence-corrected chi connectivity index (χ3v) is 4.86. The number of aryl methyl sites for hydroxylation is 1. The second-order valence-corrected chi connectivity index (χ2v) is 6.59. The molecule has 0 aliphatic carbocycles. The second-order valence-electron chi connectivity index (χ2n) is 6.15. The fourth-order valence-corrected chi connectivity index (χ4v) is 3.48. The molecule has 4 nitrogen and oxygen atoms in total. The van der Waals surface area contributed by atoms with Gasteiger partial charge in [0.1, 0.15) is 0 Å². The van der Waals surface area contributed by atoms with Crippen molar-refractivity contribution in [2.45, 2.75) is 25.9 Å². The molecule has 0 N–H and O–H groups in total. The Kier molecular flexibility index (Phi) is 3.98. The highest BCUT2D eigenvalue weighted by Gasteiger charge is 2.20. The van der Waals surface area contributed by atoms with E-state index in [2.05, 4.69) is 23.3 Å². The number of carbonyl (C=O) groups excluding carboxylic acids is 1. The normalized spacial score (nSPS) is 14.0. The Bertz CT molecular complexity index is 903. The summed E-state index contributed by atoms with van der Waals surface area (Å²) in [7, 11) is 0. The molecule has 0 saturated heterocycles. The first-order valence-corrected chi connectivity index (χ1v) is 8.54. The molecule has 0 bridgehead atoms. The topological polar surface area (TPSA) is 38.1 Å². The zero-order chi connectivity index (χ0) is 16.5. The lowest BCUT2D eigenvalue weighted by Gasteiger charge is -2.29. The third-order valence-electron chi connectivity index (χ3n) is 4.62. The van der Waals surface area contributed by atoms with E-state index < -0.39 is 0 Å². The van der Waals surface area contributed by atoms with E-state index in [1.54, 1.807) is 6.20 Å². The van der Waals surface area contributed by atoms with E-state index in [0.717, 1.165) is 23.9 Å². The molecular formula is C19H18ClN3O. The summed E-state index contributed by atoms with van der Waals surface area (Å²) in [5, 5.41) is 6.08. The Hall–Kier alpha value is -2.33. The zero-order valence-corrected chi connectivity index (χ0v) is 14.0. The van der Waals surface area contributed by atoms with Crippen molar-refractivity contribution in [3.63, 3.8) is 0 Å². The summed E-state index contributed by atoms with van der Waals surface area (Å²) in [5.74, 6) is 0.183. The molecule has 5 heteroatoms. The van der Waals surface area contributed by atoms with Gasteiger partial charge in [-0.25, -0.2) is 0 Å². The summed E-state index contributed by atoms with van der Waals surface area (Å²) in [6, 6.07) is 14.1. The number of carbonyl (C=O) groups is 1. The predicted octanol–water partition coefficient (Wildman–Crippen LogP) is 3.66. The highest BCUT2D eigenvalue weighted by Crippen LogP contribution is 2.21. The van der Waals surface area contributed by atoms with Gasteiger partial charge in [-0.3, -0.25) is 9.48 Å². The molecule has 122 valence electrons. The standard InChI is InChI=1S/C19H18ClN3O/c20-17-5-6-18-16(11-17)12-21-23(18)10-8-19(24)22-9-7-14-3-1-2-4-15(14)13-22/h1-6,11-12H,7-10,13H2. The molecule has 0 fully saturated rings. The monoisotopic (exact) mass is 339 g/mol. The summed E-state index contributed by atoms with van der Waals surface area (Å²) in [6.45, 7) is 2.10. The Morgan fingerprint density at radius 2 is 2.00 bits per heavy atom. The lowest BCUT2D eigenvalue weighted by Crippen LogP contribution is -2.36. The lowest BCUT2D eigenvalue weighted by molar-refractivity contribution is -0.132. The van der Waals surface area contributed by atoms with Gasteiger partial charge in [-0.15, -0.1) is 0 Å². The van der Waals surface area contributed by atoms with Gasteiger partial charge in [-0.1, -0.05) is 35.9 Å². The first-order chi connectivity index (χ1) is 11.7. The number of amides is 1. The van der Waals surface area contributed by atoms with E-state index in [1.807, 2.05) is 33.8 Å². The number of halogens is 1. The van der Waals surface area contributed by atoms with Gasteiger partial charge in [-0.2, -0.15) is 5.10 Å². The SMILES string of the molecule is O=C(CCn1ncc2cc(Cl)ccc21)N1CCc2ccccc2C1. The van der Waals surface area contributed by atoms with Crippen molar-refractivity contribution in [1.29, 1.82) is 0 Å². The number of benzene rings is 2. The van der Waals surface area contributed by atoms with E-state index in [9.17, 15) is 4.79 Å². The number of rotatable bonds is 3. The predicted molar refractivity (Wildman–Crippen MR) is 94.9 cm³/mol. The van der Waals surface area contributed by atoms with Crippen molar-refractivity contribution in [2.75, 3.05) is 6.54 Å². The summed E-state index contributed by atoms with van der Waals surface area (Å²) in [5.41, 5.74) is 3.63. The maximum Gasteiger partial charge on any atom is 0.224 e. The van der Waals surface area contributed by atoms with Crippen LogP contribution < -0.4 is 0 Å². The number of fused-ring (bicyclic) bond motifs is 2. The molecule has 2 heterocycles. The molecule has 0 atom stereocenters. The average Bonchev–Trinajstić information content (AvgIpc) is 3.01. The molecule has 1 amide bonds. The summed E-state index contributed by atoms with van der Waals surface area (Å²) >= 11 is 6.00. The van der Waals surface area contributed by atoms with Crippen LogP contribution in [-0.4, -0.2) is 27.1 Å². The van der Waals surface area contributed by atoms with Gasteiger partial charge in [0.05, 0.1) is 18.3 Å². The number of hydrogen-bond acceptors (Lipinski definition) is 2. The first-order valence-electron chi connectivity index (χ1n) is 8.16. The van der Waals surface area contributed by atoms with Crippen LogP contribution in [0.1, 0.15) is 17.5 Å². The second kappa shape index (κ2) is 6.29. The van der Waals surface area contributed by atoms with Crippen LogP contribution in [0.25, 0.3) is 10.9 Å². The first kappa shape index (κ1) is 15.2. The van der Waals surface area contributed by atoms with E-state index in [4.69, 9.17) is 11.6 Å². The van der Waals surface area contributed by atoms with Crippen LogP contribution in [0, 0.1) is 0 Å². The average molecular weight is 340 g/mol. The number of aromatic nitrogens is 2. The van der Waals surface area contributed by atoms with Crippen LogP contribution in [0.3, 0.4) is 0 Å². The molecule has 0 saturated carbocycles. The molecule has 0 unspecified atom stereocenters. The van der Waals surface area contributed by atoms with Crippen molar-refractivity contribution < 1.29 is 4.79 Å². The van der Waals surface area contributed by atoms with E-state index in [1.165, 1.54) is 11.1 Å². The third kappa shape index (κ3) is 2.89. The summed E-state index contributed by atoms with van der Waals surface area (Å²) in [4.78, 5) is 14.5. The molecule has 24 heavy (non-hydrogen) atoms. The van der Waals surface area contributed by atoms with Crippen LogP contribution in [0.15, 0.2) is 48.7 Å². The van der Waals surface area contributed by atoms with Gasteiger partial charge in [0.2, 0.25) is 5.91 Å². The minimum Gasteiger partial charge on any atom is -0.338 e. The molecular weight excluding hydrogens is 322 g/mol. The molecule has 4 rings (SSSR count). The molecule has 1 aromatic heterocycles. The van der Waals surface area contributed by atoms with Gasteiger partial charge >= 0.3 is 0 Å². The smallest absolute Gasteiger partial charge is 0.224 e. The van der Waals surface area contributed by atoms with Gasteiger partial charge < -0.3 is 4.90 Å². The van der Waals surface area contributed by atoms with E-state index in [0.29, 0.717) is 24.5 Å². The van der Waals surface area contributed by atoms with Crippen molar-refractivity contribution in [2.24, 2.45) is 0 Å². The van der Waals surface area contributed by atoms with Crippen LogP contribution in [-0.2, 0) is 24.3 Å². The fraction of sp³-hybridized carbons (Fsp3) is 0.263. The van der Waals surface area contributed by atoms with Crippen LogP contribution in [0.2, 0.25) is 5.02 Å². The van der Waals surface area contributed by atoms with Gasteiger partial charge in [0, 0.05) is 29.9 Å². The Labute approximate surface area is 145 Å². The van der Waals surface area contributed by atoms with E-state index >= 15 is 0 Å². The fourth-order valence-electron chi connectivity index (χ4n) is 3.30. The van der Waals surface area contributed by atoms with Crippen molar-refractivity contribution >= 4 is 28.4 Å². The molecule has 3 aromatic rings. The number of nitrogens with zero attached hydrogens (tertiary/aromatic N) is 3. The van der Waals surface area contributed by atoms with Crippen molar-refractivity contribution in [3.8, 4) is 0 Å². The van der Waals surface area contributed by atoms with Crippen LogP contribution in [0.5, 0.6) is 0 Å². The van der Waals surface area contributed by atoms with Gasteiger partial charge in [0.25, 0.3) is 0 Å². The Morgan fingerprint density at radius 1 is 1.17 bits per heavy atom. The maximum absolute atomic E-state index is 12.6. The molecule has 1 aliphatic heterocycles. The van der Waals surface area contributed by atoms with Crippen LogP contribution in [0.4, 0.5) is 0 Å². The van der Waals surface area contributed by atoms with E-state index in [-0.39, 0.29) is 5.91 Å². The minimum absolute atomic E-state index is 0.183. The summed E-state index contributed by atoms with van der Waals surface area (Å²) in [6.07, 6.45) is 3.19. The zero-order valence-electron chi connectivity index (χ0n) is 13.3. The van der Waals surface area contributed by atoms with Gasteiger partial charge in [-0.05, 0) is 35.7 Å². The van der Waals surface area contributed by atoms with Gasteiger partial charge in [0.15, 0.2) is 0 Å². The quantitative estimate of drug-likeness (QED) is 0.730. The largest absolute Gasteiger partial charge is 0.338 e. The summed E-state index contributed by atoms with van der Waals surface area (Å²) < 4.78 is 1.88. The molecule has 0 spiro atoms. The Balaban J connectivity index is 1.43. The highest BCUT2D eigenvalue weighted by atomic mass is 35.5. The minimum atomic E-state index is 0.183. The lowest BCUT2D eigenvalue weighted by atomic mass is 10.00. The van der Waals surface area contributed by atoms with Crippen LogP contribution >= 0.6 is 11.6 Å². The molecule has 0 radical (unpaired) electrons. The number of hydrogen-bond donors (Lipinski definition) is 0. The molecule has 1 aliphatic rings. The van der Waals surface area contributed by atoms with Crippen molar-refractivity contribution in [3.05, 3.63) is 64.8 Å². The highest BCUT2D eigenvalue weighted by molar-refractivity contribution is 6.31. The maximum atomic E-state index is 12.6. The van der Waals surface area contributed by atoms with Crippen molar-refractivity contribution in [1.82, 2.24) is 14.7 Å². The molecule has 2 aromatic carbocycles.